The average molecular weight is 180 g/mol. The van der Waals surface area contributed by atoms with E-state index in [2.05, 4.69) is 10.2 Å². The molecule has 3 rings (SSSR count). The van der Waals surface area contributed by atoms with Gasteiger partial charge in [-0.1, -0.05) is 0 Å². The third kappa shape index (κ3) is 1.62. The van der Waals surface area contributed by atoms with Crippen LogP contribution >= 0.6 is 0 Å². The topological polar surface area (TPSA) is 15.3 Å². The summed E-state index contributed by atoms with van der Waals surface area (Å²) in [6.45, 7) is 6.41. The summed E-state index contributed by atoms with van der Waals surface area (Å²) in [4.78, 5) is 2.68. The van der Waals surface area contributed by atoms with Gasteiger partial charge in [0, 0.05) is 32.7 Å². The standard InChI is InChI=1S/C11H20N2/c1-2-10(1)11(3-4-11)9-13-7-5-12-6-8-13/h10,12H,1-9H2. The van der Waals surface area contributed by atoms with Crippen LogP contribution in [0.25, 0.3) is 0 Å². The number of nitrogens with one attached hydrogen (secondary N) is 1. The second kappa shape index (κ2) is 2.96. The van der Waals surface area contributed by atoms with Crippen LogP contribution < -0.4 is 5.32 Å². The fraction of sp³-hybridized carbons (Fsp3) is 1.00. The molecule has 2 saturated carbocycles. The second-order valence-corrected chi connectivity index (χ2v) is 5.16. The van der Waals surface area contributed by atoms with Crippen LogP contribution in [-0.2, 0) is 0 Å². The summed E-state index contributed by atoms with van der Waals surface area (Å²) >= 11 is 0. The van der Waals surface area contributed by atoms with Crippen LogP contribution in [0.15, 0.2) is 0 Å². The largest absolute Gasteiger partial charge is 0.314 e. The second-order valence-electron chi connectivity index (χ2n) is 5.16. The lowest BCUT2D eigenvalue weighted by atomic mass is 9.99. The van der Waals surface area contributed by atoms with Crippen LogP contribution in [0.2, 0.25) is 0 Å². The minimum Gasteiger partial charge on any atom is -0.314 e. The molecule has 1 heterocycles. The quantitative estimate of drug-likeness (QED) is 0.699. The first-order chi connectivity index (χ1) is 6.39. The molecule has 1 saturated heterocycles. The molecule has 1 N–H and O–H groups in total. The highest BCUT2D eigenvalue weighted by molar-refractivity contribution is 5.05. The van der Waals surface area contributed by atoms with Gasteiger partial charge in [0.05, 0.1) is 0 Å². The van der Waals surface area contributed by atoms with Gasteiger partial charge in [0.25, 0.3) is 0 Å². The molecule has 2 heteroatoms. The van der Waals surface area contributed by atoms with Crippen molar-refractivity contribution in [2.75, 3.05) is 32.7 Å². The Balaban J connectivity index is 1.55. The van der Waals surface area contributed by atoms with E-state index in [9.17, 15) is 0 Å². The molecule has 2 aliphatic carbocycles. The van der Waals surface area contributed by atoms with Crippen molar-refractivity contribution in [1.29, 1.82) is 0 Å². The summed E-state index contributed by atoms with van der Waals surface area (Å²) in [7, 11) is 0. The molecule has 1 aliphatic heterocycles. The van der Waals surface area contributed by atoms with Gasteiger partial charge < -0.3 is 10.2 Å². The minimum absolute atomic E-state index is 0.817. The van der Waals surface area contributed by atoms with Crippen molar-refractivity contribution in [1.82, 2.24) is 10.2 Å². The molecule has 2 nitrogen and oxygen atoms in total. The van der Waals surface area contributed by atoms with Gasteiger partial charge in [-0.05, 0) is 37.0 Å². The van der Waals surface area contributed by atoms with E-state index < -0.39 is 0 Å². The number of hydrogen-bond donors (Lipinski definition) is 1. The van der Waals surface area contributed by atoms with Crippen LogP contribution in [0, 0.1) is 11.3 Å². The molecule has 3 aliphatic rings. The molecular weight excluding hydrogens is 160 g/mol. The van der Waals surface area contributed by atoms with Crippen LogP contribution in [0.5, 0.6) is 0 Å². The number of piperazine rings is 1. The van der Waals surface area contributed by atoms with Crippen LogP contribution in [-0.4, -0.2) is 37.6 Å². The molecule has 0 aromatic heterocycles. The normalized spacial score (nSPS) is 33.2. The molecule has 0 aromatic rings. The van der Waals surface area contributed by atoms with Gasteiger partial charge in [-0.15, -0.1) is 0 Å². The molecule has 0 atom stereocenters. The van der Waals surface area contributed by atoms with Crippen molar-refractivity contribution in [3.05, 3.63) is 0 Å². The smallest absolute Gasteiger partial charge is 0.0108 e. The first-order valence-corrected chi connectivity index (χ1v) is 5.82. The van der Waals surface area contributed by atoms with E-state index in [0.29, 0.717) is 0 Å². The van der Waals surface area contributed by atoms with Gasteiger partial charge in [0.15, 0.2) is 0 Å². The molecule has 0 radical (unpaired) electrons. The Bertz CT molecular complexity index is 188. The molecule has 0 unspecified atom stereocenters. The maximum absolute atomic E-state index is 3.42. The van der Waals surface area contributed by atoms with Gasteiger partial charge in [-0.25, -0.2) is 0 Å². The van der Waals surface area contributed by atoms with E-state index in [1.165, 1.54) is 58.4 Å². The van der Waals surface area contributed by atoms with Gasteiger partial charge in [-0.2, -0.15) is 0 Å². The van der Waals surface area contributed by atoms with Crippen LogP contribution in [0.4, 0.5) is 0 Å². The van der Waals surface area contributed by atoms with Gasteiger partial charge in [0.1, 0.15) is 0 Å². The Morgan fingerprint density at radius 3 is 2.38 bits per heavy atom. The van der Waals surface area contributed by atoms with Crippen molar-refractivity contribution >= 4 is 0 Å². The molecule has 13 heavy (non-hydrogen) atoms. The number of rotatable bonds is 3. The van der Waals surface area contributed by atoms with Gasteiger partial charge in [0.2, 0.25) is 0 Å². The maximum atomic E-state index is 3.42. The third-order valence-corrected chi connectivity index (χ3v) is 4.08. The summed E-state index contributed by atoms with van der Waals surface area (Å²) in [5.41, 5.74) is 0.817. The van der Waals surface area contributed by atoms with E-state index in [-0.39, 0.29) is 0 Å². The average Bonchev–Trinajstić information content (AvgIpc) is 3.00. The summed E-state index contributed by atoms with van der Waals surface area (Å²) in [6, 6.07) is 0. The first-order valence-electron chi connectivity index (χ1n) is 5.82. The monoisotopic (exact) mass is 180 g/mol. The Morgan fingerprint density at radius 2 is 1.85 bits per heavy atom. The highest BCUT2D eigenvalue weighted by atomic mass is 15.2. The van der Waals surface area contributed by atoms with Crippen molar-refractivity contribution in [3.63, 3.8) is 0 Å². The summed E-state index contributed by atoms with van der Waals surface area (Å²) in [5.74, 6) is 1.13. The number of nitrogens with zero attached hydrogens (tertiary/aromatic N) is 1. The van der Waals surface area contributed by atoms with E-state index in [1.54, 1.807) is 0 Å². The van der Waals surface area contributed by atoms with E-state index in [1.807, 2.05) is 0 Å². The molecule has 0 aromatic carbocycles. The predicted octanol–water partition coefficient (Wildman–Crippen LogP) is 1.08. The highest BCUT2D eigenvalue weighted by Crippen LogP contribution is 2.61. The van der Waals surface area contributed by atoms with Crippen molar-refractivity contribution < 1.29 is 0 Å². The van der Waals surface area contributed by atoms with Crippen LogP contribution in [0.3, 0.4) is 0 Å². The molecule has 0 spiro atoms. The third-order valence-electron chi connectivity index (χ3n) is 4.08. The molecule has 0 amide bonds. The Labute approximate surface area is 80.7 Å². The lowest BCUT2D eigenvalue weighted by Gasteiger charge is -2.31. The zero-order chi connectivity index (χ0) is 8.73. The van der Waals surface area contributed by atoms with Crippen molar-refractivity contribution in [2.24, 2.45) is 11.3 Å². The first kappa shape index (κ1) is 8.25. The lowest BCUT2D eigenvalue weighted by Crippen LogP contribution is -2.45. The van der Waals surface area contributed by atoms with Crippen molar-refractivity contribution in [3.8, 4) is 0 Å². The minimum atomic E-state index is 0.817. The summed E-state index contributed by atoms with van der Waals surface area (Å²) in [6.07, 6.45) is 6.13. The van der Waals surface area contributed by atoms with Gasteiger partial charge in [-0.3, -0.25) is 0 Å². The maximum Gasteiger partial charge on any atom is 0.0108 e. The fourth-order valence-corrected chi connectivity index (χ4v) is 2.87. The zero-order valence-electron chi connectivity index (χ0n) is 8.39. The Kier molecular flexibility index (Phi) is 1.88. The summed E-state index contributed by atoms with van der Waals surface area (Å²) in [5, 5.41) is 3.42. The lowest BCUT2D eigenvalue weighted by molar-refractivity contribution is 0.184. The fourth-order valence-electron chi connectivity index (χ4n) is 2.87. The predicted molar refractivity (Wildman–Crippen MR) is 53.7 cm³/mol. The highest BCUT2D eigenvalue weighted by Gasteiger charge is 2.54. The molecule has 3 fully saturated rings. The Hall–Kier alpha value is -0.0800. The van der Waals surface area contributed by atoms with E-state index in [4.69, 9.17) is 0 Å². The molecule has 74 valence electrons. The molecule has 0 bridgehead atoms. The van der Waals surface area contributed by atoms with Crippen molar-refractivity contribution in [2.45, 2.75) is 25.7 Å². The molecular formula is C11H20N2. The zero-order valence-corrected chi connectivity index (χ0v) is 8.39. The Morgan fingerprint density at radius 1 is 1.15 bits per heavy atom. The van der Waals surface area contributed by atoms with E-state index in [0.717, 1.165) is 11.3 Å². The number of hydrogen-bond acceptors (Lipinski definition) is 2. The SMILES string of the molecule is C1CN(CC2(C3CC3)CC2)CCN1. The summed E-state index contributed by atoms with van der Waals surface area (Å²) < 4.78 is 0. The van der Waals surface area contributed by atoms with Crippen LogP contribution in [0.1, 0.15) is 25.7 Å². The van der Waals surface area contributed by atoms with E-state index >= 15 is 0 Å². The van der Waals surface area contributed by atoms with Gasteiger partial charge >= 0.3 is 0 Å².